The second-order valence-corrected chi connectivity index (χ2v) is 6.27. The minimum Gasteiger partial charge on any atom is -0.507 e. The number of phenolic OH excluding ortho intramolecular Hbond substituents is 1. The molecule has 0 saturated heterocycles. The van der Waals surface area contributed by atoms with Gasteiger partial charge in [0.25, 0.3) is 0 Å². The molecule has 0 unspecified atom stereocenters. The minimum atomic E-state index is -0.313. The Morgan fingerprint density at radius 1 is 0.931 bits per heavy atom. The van der Waals surface area contributed by atoms with Gasteiger partial charge in [0.2, 0.25) is 0 Å². The van der Waals surface area contributed by atoms with Crippen molar-refractivity contribution < 1.29 is 24.1 Å². The van der Waals surface area contributed by atoms with Gasteiger partial charge in [0.15, 0.2) is 17.3 Å². The number of allylic oxidation sites excluding steroid dienone is 1. The van der Waals surface area contributed by atoms with Crippen LogP contribution in [0.5, 0.6) is 23.0 Å². The zero-order valence-corrected chi connectivity index (χ0v) is 16.3. The molecule has 3 rings (SSSR count). The average molecular weight is 390 g/mol. The highest BCUT2D eigenvalue weighted by molar-refractivity contribution is 6.08. The predicted molar refractivity (Wildman–Crippen MR) is 112 cm³/mol. The van der Waals surface area contributed by atoms with E-state index in [9.17, 15) is 9.90 Å². The molecule has 0 saturated carbocycles. The van der Waals surface area contributed by atoms with Crippen molar-refractivity contribution in [2.24, 2.45) is 0 Å². The molecule has 3 aromatic rings. The van der Waals surface area contributed by atoms with Crippen LogP contribution in [-0.2, 0) is 6.61 Å². The molecule has 0 atom stereocenters. The molecule has 0 aliphatic carbocycles. The monoisotopic (exact) mass is 390 g/mol. The number of aromatic hydroxyl groups is 1. The maximum atomic E-state index is 12.5. The van der Waals surface area contributed by atoms with Gasteiger partial charge in [-0.15, -0.1) is 0 Å². The van der Waals surface area contributed by atoms with Crippen molar-refractivity contribution in [2.45, 2.75) is 6.61 Å². The van der Waals surface area contributed by atoms with Crippen LogP contribution < -0.4 is 14.2 Å². The van der Waals surface area contributed by atoms with E-state index in [1.54, 1.807) is 44.6 Å². The van der Waals surface area contributed by atoms with E-state index in [0.29, 0.717) is 23.9 Å². The van der Waals surface area contributed by atoms with Crippen molar-refractivity contribution in [3.8, 4) is 23.0 Å². The molecule has 3 aromatic carbocycles. The van der Waals surface area contributed by atoms with Gasteiger partial charge in [0.1, 0.15) is 18.1 Å². The second-order valence-electron chi connectivity index (χ2n) is 6.27. The van der Waals surface area contributed by atoms with Crippen molar-refractivity contribution in [1.29, 1.82) is 0 Å². The van der Waals surface area contributed by atoms with Gasteiger partial charge in [0.05, 0.1) is 19.8 Å². The molecule has 0 fully saturated rings. The van der Waals surface area contributed by atoms with Gasteiger partial charge < -0.3 is 19.3 Å². The van der Waals surface area contributed by atoms with Gasteiger partial charge in [-0.2, -0.15) is 0 Å². The first-order valence-electron chi connectivity index (χ1n) is 9.05. The summed E-state index contributed by atoms with van der Waals surface area (Å²) >= 11 is 0. The maximum Gasteiger partial charge on any atom is 0.189 e. The molecule has 0 amide bonds. The van der Waals surface area contributed by atoms with Gasteiger partial charge in [-0.1, -0.05) is 42.5 Å². The highest BCUT2D eigenvalue weighted by Gasteiger charge is 2.10. The molecule has 0 heterocycles. The maximum absolute atomic E-state index is 12.5. The smallest absolute Gasteiger partial charge is 0.189 e. The predicted octanol–water partition coefficient (Wildman–Crippen LogP) is 4.88. The molecule has 0 spiro atoms. The molecule has 5 nitrogen and oxygen atoms in total. The van der Waals surface area contributed by atoms with Crippen molar-refractivity contribution >= 4 is 11.9 Å². The quantitative estimate of drug-likeness (QED) is 0.438. The Kier molecular flexibility index (Phi) is 6.53. The molecular weight excluding hydrogens is 368 g/mol. The summed E-state index contributed by atoms with van der Waals surface area (Å²) in [7, 11) is 3.11. The third-order valence-corrected chi connectivity index (χ3v) is 4.32. The molecule has 29 heavy (non-hydrogen) atoms. The lowest BCUT2D eigenvalue weighted by molar-refractivity contribution is 0.104. The van der Waals surface area contributed by atoms with Crippen LogP contribution in [0.3, 0.4) is 0 Å². The summed E-state index contributed by atoms with van der Waals surface area (Å²) in [5.41, 5.74) is 2.00. The number of phenols is 1. The summed E-state index contributed by atoms with van der Waals surface area (Å²) < 4.78 is 16.1. The minimum absolute atomic E-state index is 0.127. The van der Waals surface area contributed by atoms with Crippen LogP contribution in [0.25, 0.3) is 6.08 Å². The third-order valence-electron chi connectivity index (χ3n) is 4.32. The molecule has 1 N–H and O–H groups in total. The second kappa shape index (κ2) is 9.46. The topological polar surface area (TPSA) is 65.0 Å². The third kappa shape index (κ3) is 5.17. The first-order valence-corrected chi connectivity index (χ1v) is 9.05. The van der Waals surface area contributed by atoms with E-state index in [1.165, 1.54) is 12.1 Å². The molecule has 0 aromatic heterocycles. The number of hydrogen-bond acceptors (Lipinski definition) is 5. The Labute approximate surface area is 169 Å². The first-order chi connectivity index (χ1) is 14.1. The lowest BCUT2D eigenvalue weighted by Crippen LogP contribution is -1.98. The fraction of sp³-hybridized carbons (Fsp3) is 0.125. The molecule has 5 heteroatoms. The Morgan fingerprint density at radius 3 is 2.38 bits per heavy atom. The Bertz CT molecular complexity index is 1010. The lowest BCUT2D eigenvalue weighted by Gasteiger charge is -2.08. The summed E-state index contributed by atoms with van der Waals surface area (Å²) in [6.07, 6.45) is 3.06. The van der Waals surface area contributed by atoms with E-state index in [0.717, 1.165) is 11.1 Å². The fourth-order valence-corrected chi connectivity index (χ4v) is 2.77. The number of benzene rings is 3. The van der Waals surface area contributed by atoms with Crippen molar-refractivity contribution in [3.63, 3.8) is 0 Å². The molecule has 148 valence electrons. The zero-order chi connectivity index (χ0) is 20.6. The molecule has 0 aliphatic heterocycles. The van der Waals surface area contributed by atoms with Gasteiger partial charge in [-0.25, -0.2) is 0 Å². The first kappa shape index (κ1) is 20.0. The number of carbonyl (C=O) groups excluding carboxylic acids is 1. The molecule has 0 aliphatic rings. The number of carbonyl (C=O) groups is 1. The van der Waals surface area contributed by atoms with Crippen LogP contribution in [0.1, 0.15) is 21.5 Å². The van der Waals surface area contributed by atoms with Crippen LogP contribution in [0.2, 0.25) is 0 Å². The number of ether oxygens (including phenoxy) is 3. The summed E-state index contributed by atoms with van der Waals surface area (Å²) in [5.74, 6) is 1.24. The van der Waals surface area contributed by atoms with Gasteiger partial charge in [-0.05, 0) is 41.5 Å². The zero-order valence-electron chi connectivity index (χ0n) is 16.3. The number of ketones is 1. The van der Waals surface area contributed by atoms with Crippen LogP contribution in [0.4, 0.5) is 0 Å². The van der Waals surface area contributed by atoms with E-state index in [-0.39, 0.29) is 17.1 Å². The summed E-state index contributed by atoms with van der Waals surface area (Å²) in [5, 5.41) is 10.2. The van der Waals surface area contributed by atoms with Crippen molar-refractivity contribution in [1.82, 2.24) is 0 Å². The summed E-state index contributed by atoms with van der Waals surface area (Å²) in [4.78, 5) is 12.5. The number of methoxy groups -OCH3 is 2. The van der Waals surface area contributed by atoms with Gasteiger partial charge >= 0.3 is 0 Å². The van der Waals surface area contributed by atoms with Crippen LogP contribution in [0.15, 0.2) is 72.8 Å². The van der Waals surface area contributed by atoms with Gasteiger partial charge in [0, 0.05) is 6.07 Å². The van der Waals surface area contributed by atoms with Crippen molar-refractivity contribution in [3.05, 3.63) is 89.5 Å². The molecule has 0 radical (unpaired) electrons. The van der Waals surface area contributed by atoms with E-state index < -0.39 is 0 Å². The Hall–Kier alpha value is -3.73. The highest BCUT2D eigenvalue weighted by atomic mass is 16.5. The van der Waals surface area contributed by atoms with Crippen LogP contribution >= 0.6 is 0 Å². The van der Waals surface area contributed by atoms with E-state index >= 15 is 0 Å². The number of hydrogen-bond donors (Lipinski definition) is 1. The SMILES string of the molecule is COc1ccc(/C=C/C(=O)c2ccc(OCc3ccccc3)cc2O)cc1OC. The highest BCUT2D eigenvalue weighted by Crippen LogP contribution is 2.29. The van der Waals surface area contributed by atoms with E-state index in [4.69, 9.17) is 14.2 Å². The number of rotatable bonds is 8. The largest absolute Gasteiger partial charge is 0.507 e. The van der Waals surface area contributed by atoms with Crippen LogP contribution in [0, 0.1) is 0 Å². The summed E-state index contributed by atoms with van der Waals surface area (Å²) in [6, 6.07) is 19.7. The van der Waals surface area contributed by atoms with Crippen LogP contribution in [-0.4, -0.2) is 25.1 Å². The molecular formula is C24H22O5. The lowest BCUT2D eigenvalue weighted by atomic mass is 10.1. The van der Waals surface area contributed by atoms with E-state index in [2.05, 4.69) is 0 Å². The molecule has 0 bridgehead atoms. The summed E-state index contributed by atoms with van der Waals surface area (Å²) in [6.45, 7) is 0.382. The fourth-order valence-electron chi connectivity index (χ4n) is 2.77. The van der Waals surface area contributed by atoms with Gasteiger partial charge in [-0.3, -0.25) is 4.79 Å². The normalized spacial score (nSPS) is 10.7. The van der Waals surface area contributed by atoms with E-state index in [1.807, 2.05) is 36.4 Å². The Balaban J connectivity index is 1.68. The Morgan fingerprint density at radius 2 is 1.69 bits per heavy atom. The van der Waals surface area contributed by atoms with Crippen molar-refractivity contribution in [2.75, 3.05) is 14.2 Å². The average Bonchev–Trinajstić information content (AvgIpc) is 2.76. The standard InChI is InChI=1S/C24H22O5/c1-27-23-13-9-17(14-24(23)28-2)8-12-21(25)20-11-10-19(15-22(20)26)29-16-18-6-4-3-5-7-18/h3-15,26H,16H2,1-2H3/b12-8+.